The number of hydrogen-bond acceptors (Lipinski definition) is 4. The predicted octanol–water partition coefficient (Wildman–Crippen LogP) is 1.91. The van der Waals surface area contributed by atoms with Gasteiger partial charge in [0, 0.05) is 53.4 Å². The van der Waals surface area contributed by atoms with Crippen LogP contribution in [-0.2, 0) is 4.79 Å². The molecule has 0 spiro atoms. The van der Waals surface area contributed by atoms with Gasteiger partial charge in [-0.3, -0.25) is 9.69 Å². The summed E-state index contributed by atoms with van der Waals surface area (Å²) in [6, 6.07) is 7.71. The van der Waals surface area contributed by atoms with Crippen LogP contribution in [0.15, 0.2) is 24.3 Å². The maximum Gasteiger partial charge on any atom is 0.321 e. The summed E-state index contributed by atoms with van der Waals surface area (Å²) >= 11 is 0. The van der Waals surface area contributed by atoms with E-state index >= 15 is 0 Å². The van der Waals surface area contributed by atoms with Crippen LogP contribution in [0, 0.1) is 0 Å². The number of rotatable bonds is 4. The van der Waals surface area contributed by atoms with Crippen LogP contribution in [0.4, 0.5) is 16.2 Å². The summed E-state index contributed by atoms with van der Waals surface area (Å²) in [5, 5.41) is 3.02. The van der Waals surface area contributed by atoms with E-state index in [9.17, 15) is 9.59 Å². The number of anilines is 2. The molecule has 0 atom stereocenters. The Morgan fingerprint density at radius 3 is 2.26 bits per heavy atom. The van der Waals surface area contributed by atoms with E-state index < -0.39 is 0 Å². The summed E-state index contributed by atoms with van der Waals surface area (Å²) < 4.78 is 0. The van der Waals surface area contributed by atoms with Crippen LogP contribution in [0.1, 0.15) is 19.3 Å². The number of piperazine rings is 1. The number of amides is 3. The fraction of sp³-hybridized carbons (Fsp3) is 0.600. The molecule has 2 saturated heterocycles. The highest BCUT2D eigenvalue weighted by molar-refractivity contribution is 5.93. The second-order valence-electron chi connectivity index (χ2n) is 7.55. The third kappa shape index (κ3) is 5.13. The summed E-state index contributed by atoms with van der Waals surface area (Å²) in [6.07, 6.45) is 3.47. The lowest BCUT2D eigenvalue weighted by molar-refractivity contribution is -0.133. The molecular weight excluding hydrogens is 342 g/mol. The SMILES string of the molecule is CN(C)c1ccccc1NC(=O)N1CCN(CC(=O)N2CCCCC2)CC1. The highest BCUT2D eigenvalue weighted by Crippen LogP contribution is 2.24. The quantitative estimate of drug-likeness (QED) is 0.876. The van der Waals surface area contributed by atoms with Crippen molar-refractivity contribution in [2.24, 2.45) is 0 Å². The molecule has 1 N–H and O–H groups in total. The van der Waals surface area contributed by atoms with Gasteiger partial charge in [0.1, 0.15) is 0 Å². The van der Waals surface area contributed by atoms with Gasteiger partial charge in [0.05, 0.1) is 17.9 Å². The van der Waals surface area contributed by atoms with Gasteiger partial charge < -0.3 is 20.0 Å². The molecule has 2 heterocycles. The normalized spacial score (nSPS) is 18.3. The maximum atomic E-state index is 12.6. The molecular formula is C20H31N5O2. The van der Waals surface area contributed by atoms with Gasteiger partial charge in [-0.2, -0.15) is 0 Å². The van der Waals surface area contributed by atoms with Crippen LogP contribution in [-0.4, -0.2) is 86.5 Å². The molecule has 0 saturated carbocycles. The van der Waals surface area contributed by atoms with Gasteiger partial charge in [0.15, 0.2) is 0 Å². The number of urea groups is 1. The molecule has 2 aliphatic heterocycles. The fourth-order valence-electron chi connectivity index (χ4n) is 3.71. The van der Waals surface area contributed by atoms with Crippen LogP contribution in [0.3, 0.4) is 0 Å². The highest BCUT2D eigenvalue weighted by atomic mass is 16.2. The van der Waals surface area contributed by atoms with E-state index in [1.54, 1.807) is 0 Å². The Balaban J connectivity index is 1.47. The Labute approximate surface area is 161 Å². The van der Waals surface area contributed by atoms with E-state index in [1.165, 1.54) is 6.42 Å². The molecule has 0 bridgehead atoms. The molecule has 3 rings (SSSR count). The van der Waals surface area contributed by atoms with Crippen molar-refractivity contribution in [2.45, 2.75) is 19.3 Å². The summed E-state index contributed by atoms with van der Waals surface area (Å²) in [7, 11) is 3.92. The third-order valence-electron chi connectivity index (χ3n) is 5.35. The first kappa shape index (κ1) is 19.5. The summed E-state index contributed by atoms with van der Waals surface area (Å²) in [6.45, 7) is 5.02. The van der Waals surface area contributed by atoms with Gasteiger partial charge in [-0.15, -0.1) is 0 Å². The Hall–Kier alpha value is -2.28. The summed E-state index contributed by atoms with van der Waals surface area (Å²) in [5.74, 6) is 0.229. The first-order valence-electron chi connectivity index (χ1n) is 9.87. The number of carbonyl (C=O) groups is 2. The lowest BCUT2D eigenvalue weighted by atomic mass is 10.1. The zero-order chi connectivity index (χ0) is 19.2. The standard InChI is InChI=1S/C20H31N5O2/c1-22(2)18-9-5-4-8-17(18)21-20(27)25-14-12-23(13-15-25)16-19(26)24-10-6-3-7-11-24/h4-5,8-9H,3,6-7,10-16H2,1-2H3,(H,21,27). The molecule has 7 nitrogen and oxygen atoms in total. The molecule has 2 aliphatic rings. The Kier molecular flexibility index (Phi) is 6.55. The van der Waals surface area contributed by atoms with Crippen molar-refractivity contribution < 1.29 is 9.59 Å². The Morgan fingerprint density at radius 1 is 0.926 bits per heavy atom. The molecule has 0 radical (unpaired) electrons. The largest absolute Gasteiger partial charge is 0.376 e. The molecule has 0 unspecified atom stereocenters. The van der Waals surface area contributed by atoms with Crippen molar-refractivity contribution in [1.29, 1.82) is 0 Å². The van der Waals surface area contributed by atoms with Gasteiger partial charge in [-0.05, 0) is 31.4 Å². The monoisotopic (exact) mass is 373 g/mol. The van der Waals surface area contributed by atoms with Crippen molar-refractivity contribution in [3.63, 3.8) is 0 Å². The van der Waals surface area contributed by atoms with Crippen molar-refractivity contribution in [3.05, 3.63) is 24.3 Å². The number of para-hydroxylation sites is 2. The summed E-state index contributed by atoms with van der Waals surface area (Å²) in [5.41, 5.74) is 1.80. The number of nitrogens with zero attached hydrogens (tertiary/aromatic N) is 4. The first-order chi connectivity index (χ1) is 13.0. The smallest absolute Gasteiger partial charge is 0.321 e. The van der Waals surface area contributed by atoms with Crippen molar-refractivity contribution in [3.8, 4) is 0 Å². The van der Waals surface area contributed by atoms with Crippen LogP contribution >= 0.6 is 0 Å². The molecule has 1 aromatic carbocycles. The number of benzene rings is 1. The minimum Gasteiger partial charge on any atom is -0.376 e. The molecule has 1 aromatic rings. The lowest BCUT2D eigenvalue weighted by Crippen LogP contribution is -2.52. The van der Waals surface area contributed by atoms with E-state index in [-0.39, 0.29) is 11.9 Å². The molecule has 2 fully saturated rings. The zero-order valence-electron chi connectivity index (χ0n) is 16.5. The lowest BCUT2D eigenvalue weighted by Gasteiger charge is -2.36. The third-order valence-corrected chi connectivity index (χ3v) is 5.35. The predicted molar refractivity (Wildman–Crippen MR) is 108 cm³/mol. The summed E-state index contributed by atoms with van der Waals surface area (Å²) in [4.78, 5) is 33.0. The average Bonchev–Trinajstić information content (AvgIpc) is 2.69. The van der Waals surface area contributed by atoms with E-state index in [1.807, 2.05) is 53.1 Å². The highest BCUT2D eigenvalue weighted by Gasteiger charge is 2.25. The van der Waals surface area contributed by atoms with E-state index in [0.717, 1.165) is 50.4 Å². The maximum absolute atomic E-state index is 12.6. The van der Waals surface area contributed by atoms with Crippen molar-refractivity contribution in [1.82, 2.24) is 14.7 Å². The number of likely N-dealkylation sites (tertiary alicyclic amines) is 1. The second kappa shape index (κ2) is 9.08. The average molecular weight is 374 g/mol. The van der Waals surface area contributed by atoms with Crippen molar-refractivity contribution >= 4 is 23.3 Å². The topological polar surface area (TPSA) is 59.1 Å². The molecule has 27 heavy (non-hydrogen) atoms. The van der Waals surface area contributed by atoms with Crippen LogP contribution in [0.5, 0.6) is 0 Å². The second-order valence-corrected chi connectivity index (χ2v) is 7.55. The molecule has 0 aromatic heterocycles. The Bertz CT molecular complexity index is 650. The number of nitrogens with one attached hydrogen (secondary N) is 1. The van der Waals surface area contributed by atoms with E-state index in [2.05, 4.69) is 10.2 Å². The van der Waals surface area contributed by atoms with Gasteiger partial charge in [-0.25, -0.2) is 4.79 Å². The van der Waals surface area contributed by atoms with Gasteiger partial charge in [0.25, 0.3) is 0 Å². The first-order valence-corrected chi connectivity index (χ1v) is 9.87. The van der Waals surface area contributed by atoms with Crippen LogP contribution < -0.4 is 10.2 Å². The molecule has 3 amide bonds. The number of hydrogen-bond donors (Lipinski definition) is 1. The minimum atomic E-state index is -0.0775. The Morgan fingerprint density at radius 2 is 1.59 bits per heavy atom. The minimum absolute atomic E-state index is 0.0775. The van der Waals surface area contributed by atoms with Gasteiger partial charge in [0.2, 0.25) is 5.91 Å². The van der Waals surface area contributed by atoms with Crippen molar-refractivity contribution in [2.75, 3.05) is 70.1 Å². The van der Waals surface area contributed by atoms with Gasteiger partial charge >= 0.3 is 6.03 Å². The van der Waals surface area contributed by atoms with Crippen LogP contribution in [0.2, 0.25) is 0 Å². The zero-order valence-corrected chi connectivity index (χ0v) is 16.5. The number of carbonyl (C=O) groups excluding carboxylic acids is 2. The van der Waals surface area contributed by atoms with Crippen LogP contribution in [0.25, 0.3) is 0 Å². The molecule has 148 valence electrons. The number of piperidine rings is 1. The molecule has 7 heteroatoms. The van der Waals surface area contributed by atoms with E-state index in [4.69, 9.17) is 0 Å². The molecule has 0 aliphatic carbocycles. The fourth-order valence-corrected chi connectivity index (χ4v) is 3.71. The van der Waals surface area contributed by atoms with E-state index in [0.29, 0.717) is 19.6 Å². The van der Waals surface area contributed by atoms with Gasteiger partial charge in [-0.1, -0.05) is 12.1 Å².